The maximum absolute atomic E-state index is 13.4. The molecule has 0 saturated carbocycles. The molecule has 0 atom stereocenters. The van der Waals surface area contributed by atoms with Gasteiger partial charge in [-0.3, -0.25) is 0 Å². The average Bonchev–Trinajstić information content (AvgIpc) is 3.20. The van der Waals surface area contributed by atoms with Crippen LogP contribution in [0.4, 0.5) is 13.2 Å². The van der Waals surface area contributed by atoms with E-state index in [2.05, 4.69) is 5.10 Å². The molecule has 1 aromatic heterocycles. The molecule has 6 nitrogen and oxygen atoms in total. The lowest BCUT2D eigenvalue weighted by Crippen LogP contribution is -2.09. The first-order valence-corrected chi connectivity index (χ1v) is 11.4. The van der Waals surface area contributed by atoms with Gasteiger partial charge in [0.2, 0.25) is 0 Å². The van der Waals surface area contributed by atoms with Gasteiger partial charge in [0, 0.05) is 19.3 Å². The normalized spacial score (nSPS) is 12.2. The molecule has 11 heteroatoms. The lowest BCUT2D eigenvalue weighted by Gasteiger charge is -2.11. The minimum absolute atomic E-state index is 0.0759. The second-order valence-corrected chi connectivity index (χ2v) is 9.35. The zero-order valence-corrected chi connectivity index (χ0v) is 18.8. The molecule has 0 aliphatic carbocycles. The first-order valence-electron chi connectivity index (χ1n) is 9.40. The van der Waals surface area contributed by atoms with Gasteiger partial charge in [0.05, 0.1) is 34.2 Å². The van der Waals surface area contributed by atoms with E-state index in [4.69, 9.17) is 21.1 Å². The van der Waals surface area contributed by atoms with Crippen LogP contribution in [0, 0.1) is 0 Å². The van der Waals surface area contributed by atoms with Gasteiger partial charge in [-0.05, 0) is 42.8 Å². The molecule has 0 saturated heterocycles. The van der Waals surface area contributed by atoms with Crippen LogP contribution >= 0.6 is 11.6 Å². The molecule has 2 aromatic carbocycles. The molecule has 0 bridgehead atoms. The highest BCUT2D eigenvalue weighted by Gasteiger charge is 2.35. The van der Waals surface area contributed by atoms with Crippen molar-refractivity contribution in [3.63, 3.8) is 0 Å². The fraction of sp³-hybridized carbons (Fsp3) is 0.286. The monoisotopic (exact) mass is 488 g/mol. The highest BCUT2D eigenvalue weighted by atomic mass is 35.5. The number of hydrogen-bond acceptors (Lipinski definition) is 5. The number of methoxy groups -OCH3 is 2. The predicted octanol–water partition coefficient (Wildman–Crippen LogP) is 5.03. The summed E-state index contributed by atoms with van der Waals surface area (Å²) in [7, 11) is -0.633. The van der Waals surface area contributed by atoms with Gasteiger partial charge in [-0.2, -0.15) is 18.3 Å². The molecule has 0 amide bonds. The minimum atomic E-state index is -4.67. The fourth-order valence-electron chi connectivity index (χ4n) is 3.05. The number of aromatic nitrogens is 2. The summed E-state index contributed by atoms with van der Waals surface area (Å²) in [6.45, 7) is 0.307. The Morgan fingerprint density at radius 1 is 1.06 bits per heavy atom. The average molecular weight is 489 g/mol. The molecular formula is C21H20ClF3N2O4S. The quantitative estimate of drug-likeness (QED) is 0.416. The summed E-state index contributed by atoms with van der Waals surface area (Å²) in [5.74, 6) is 0.268. The molecule has 0 radical (unpaired) electrons. The smallest absolute Gasteiger partial charge is 0.435 e. The topological polar surface area (TPSA) is 70.4 Å². The van der Waals surface area contributed by atoms with Crippen molar-refractivity contribution in [2.75, 3.05) is 26.6 Å². The highest BCUT2D eigenvalue weighted by molar-refractivity contribution is 7.91. The number of hydrogen-bond donors (Lipinski definition) is 0. The van der Waals surface area contributed by atoms with Crippen LogP contribution in [-0.4, -0.2) is 44.8 Å². The van der Waals surface area contributed by atoms with Gasteiger partial charge in [0.15, 0.2) is 15.5 Å². The van der Waals surface area contributed by atoms with Gasteiger partial charge in [-0.15, -0.1) is 0 Å². The third-order valence-corrected chi connectivity index (χ3v) is 6.76. The van der Waals surface area contributed by atoms with E-state index in [0.717, 1.165) is 10.7 Å². The number of sulfone groups is 1. The minimum Gasteiger partial charge on any atom is -0.495 e. The van der Waals surface area contributed by atoms with Crippen molar-refractivity contribution >= 4 is 21.4 Å². The first-order chi connectivity index (χ1) is 15.1. The second kappa shape index (κ2) is 9.51. The summed E-state index contributed by atoms with van der Waals surface area (Å²) < 4.78 is 76.0. The Morgan fingerprint density at radius 2 is 1.75 bits per heavy atom. The molecule has 0 unspecified atom stereocenters. The Balaban J connectivity index is 2.03. The van der Waals surface area contributed by atoms with Crippen LogP contribution in [0.25, 0.3) is 16.9 Å². The van der Waals surface area contributed by atoms with Crippen molar-refractivity contribution in [3.05, 3.63) is 59.2 Å². The third-order valence-electron chi connectivity index (χ3n) is 4.65. The predicted molar refractivity (Wildman–Crippen MR) is 114 cm³/mol. The Bertz CT molecular complexity index is 1190. The number of halogens is 4. The van der Waals surface area contributed by atoms with Crippen LogP contribution in [0.15, 0.2) is 53.4 Å². The van der Waals surface area contributed by atoms with Crippen molar-refractivity contribution in [2.45, 2.75) is 17.5 Å². The van der Waals surface area contributed by atoms with E-state index in [-0.39, 0.29) is 27.1 Å². The zero-order valence-electron chi connectivity index (χ0n) is 17.2. The van der Waals surface area contributed by atoms with Crippen LogP contribution in [0.5, 0.6) is 5.75 Å². The van der Waals surface area contributed by atoms with Crippen LogP contribution < -0.4 is 4.74 Å². The standard InChI is InChI=1S/C21H20ClF3N2O4S/c1-30-10-3-11-32(28,29)16-7-4-14(5-8-16)18-13-20(21(23,24)25)26-27(18)15-6-9-19(31-2)17(22)12-15/h4-9,12-13H,3,10-11H2,1-2H3. The summed E-state index contributed by atoms with van der Waals surface area (Å²) in [6.07, 6.45) is -4.33. The van der Waals surface area contributed by atoms with Crippen molar-refractivity contribution in [1.82, 2.24) is 9.78 Å². The molecule has 1 heterocycles. The molecule has 0 spiro atoms. The van der Waals surface area contributed by atoms with E-state index in [9.17, 15) is 21.6 Å². The van der Waals surface area contributed by atoms with Gasteiger partial charge < -0.3 is 9.47 Å². The Hall–Kier alpha value is -2.56. The maximum Gasteiger partial charge on any atom is 0.435 e. The van der Waals surface area contributed by atoms with Gasteiger partial charge in [-0.25, -0.2) is 13.1 Å². The molecule has 0 fully saturated rings. The van der Waals surface area contributed by atoms with Crippen molar-refractivity contribution in [3.8, 4) is 22.7 Å². The van der Waals surface area contributed by atoms with Crippen molar-refractivity contribution < 1.29 is 31.1 Å². The number of nitrogens with zero attached hydrogens (tertiary/aromatic N) is 2. The van der Waals surface area contributed by atoms with Crippen LogP contribution in [-0.2, 0) is 20.8 Å². The van der Waals surface area contributed by atoms with E-state index in [1.165, 1.54) is 56.7 Å². The summed E-state index contributed by atoms with van der Waals surface area (Å²) in [5, 5.41) is 3.91. The van der Waals surface area contributed by atoms with E-state index in [1.54, 1.807) is 0 Å². The maximum atomic E-state index is 13.4. The van der Waals surface area contributed by atoms with E-state index >= 15 is 0 Å². The Morgan fingerprint density at radius 3 is 2.31 bits per heavy atom. The second-order valence-electron chi connectivity index (χ2n) is 6.83. The fourth-order valence-corrected chi connectivity index (χ4v) is 4.59. The summed E-state index contributed by atoms with van der Waals surface area (Å²) in [5.41, 5.74) is -0.314. The van der Waals surface area contributed by atoms with E-state index in [1.807, 2.05) is 0 Å². The Kier molecular flexibility index (Phi) is 7.16. The highest BCUT2D eigenvalue weighted by Crippen LogP contribution is 2.35. The number of rotatable bonds is 8. The number of benzene rings is 2. The molecular weight excluding hydrogens is 469 g/mol. The van der Waals surface area contributed by atoms with Crippen molar-refractivity contribution in [2.24, 2.45) is 0 Å². The molecule has 172 valence electrons. The van der Waals surface area contributed by atoms with E-state index in [0.29, 0.717) is 24.3 Å². The lowest BCUT2D eigenvalue weighted by atomic mass is 10.1. The SMILES string of the molecule is COCCCS(=O)(=O)c1ccc(-c2cc(C(F)(F)F)nn2-c2ccc(OC)c(Cl)c2)cc1. The summed E-state index contributed by atoms with van der Waals surface area (Å²) in [4.78, 5) is 0.0759. The number of alkyl halides is 3. The zero-order chi connectivity index (χ0) is 23.5. The molecule has 32 heavy (non-hydrogen) atoms. The van der Waals surface area contributed by atoms with Crippen molar-refractivity contribution in [1.29, 1.82) is 0 Å². The summed E-state index contributed by atoms with van der Waals surface area (Å²) >= 11 is 6.13. The molecule has 0 aliphatic heterocycles. The van der Waals surface area contributed by atoms with Crippen LogP contribution in [0.2, 0.25) is 5.02 Å². The molecule has 0 aliphatic rings. The van der Waals surface area contributed by atoms with E-state index < -0.39 is 21.7 Å². The summed E-state index contributed by atoms with van der Waals surface area (Å²) in [6, 6.07) is 11.0. The van der Waals surface area contributed by atoms with Gasteiger partial charge in [-0.1, -0.05) is 23.7 Å². The number of ether oxygens (including phenoxy) is 2. The molecule has 0 N–H and O–H groups in total. The molecule has 3 aromatic rings. The lowest BCUT2D eigenvalue weighted by molar-refractivity contribution is -0.141. The first kappa shape index (κ1) is 24.1. The van der Waals surface area contributed by atoms with Crippen LogP contribution in [0.1, 0.15) is 12.1 Å². The largest absolute Gasteiger partial charge is 0.495 e. The Labute approximate surface area is 188 Å². The molecule has 3 rings (SSSR count). The van der Waals surface area contributed by atoms with Crippen LogP contribution in [0.3, 0.4) is 0 Å². The van der Waals surface area contributed by atoms with Gasteiger partial charge in [0.1, 0.15) is 5.75 Å². The van der Waals surface area contributed by atoms with Gasteiger partial charge >= 0.3 is 6.18 Å². The van der Waals surface area contributed by atoms with Gasteiger partial charge in [0.25, 0.3) is 0 Å². The third kappa shape index (κ3) is 5.25.